The molecule has 0 heterocycles. The van der Waals surface area contributed by atoms with Crippen LogP contribution in [0.1, 0.15) is 20.3 Å². The minimum absolute atomic E-state index is 0.0182. The highest BCUT2D eigenvalue weighted by molar-refractivity contribution is 9.09. The molecule has 106 valence electrons. The zero-order valence-electron chi connectivity index (χ0n) is 10.5. The van der Waals surface area contributed by atoms with Gasteiger partial charge in [-0.3, -0.25) is 9.59 Å². The van der Waals surface area contributed by atoms with Crippen molar-refractivity contribution in [3.8, 4) is 0 Å². The van der Waals surface area contributed by atoms with Gasteiger partial charge in [-0.05, 0) is 0 Å². The molecule has 0 aromatic heterocycles. The van der Waals surface area contributed by atoms with Gasteiger partial charge in [-0.2, -0.15) is 0 Å². The van der Waals surface area contributed by atoms with E-state index in [0.29, 0.717) is 5.33 Å². The van der Waals surface area contributed by atoms with Gasteiger partial charge in [0, 0.05) is 17.7 Å². The van der Waals surface area contributed by atoms with Gasteiger partial charge in [-0.1, -0.05) is 29.8 Å². The summed E-state index contributed by atoms with van der Waals surface area (Å²) in [6, 6.07) is 0. The third-order valence-corrected chi connectivity index (χ3v) is 4.67. The highest BCUT2D eigenvalue weighted by atomic mass is 79.9. The molecule has 0 aliphatic heterocycles. The van der Waals surface area contributed by atoms with E-state index in [1.807, 2.05) is 0 Å². The Morgan fingerprint density at radius 1 is 1.17 bits per heavy atom. The Labute approximate surface area is 116 Å². The lowest BCUT2D eigenvalue weighted by Crippen LogP contribution is -2.39. The van der Waals surface area contributed by atoms with Crippen LogP contribution in [0.2, 0.25) is 0 Å². The molecule has 0 rings (SSSR count). The molecule has 0 radical (unpaired) electrons. The van der Waals surface area contributed by atoms with E-state index in [2.05, 4.69) is 26.6 Å². The maximum absolute atomic E-state index is 11.3. The number of nitrogens with one attached hydrogen (secondary N) is 2. The van der Waals surface area contributed by atoms with Gasteiger partial charge in [0.2, 0.25) is 11.8 Å². The van der Waals surface area contributed by atoms with Crippen molar-refractivity contribution in [1.29, 1.82) is 0 Å². The van der Waals surface area contributed by atoms with E-state index in [4.69, 9.17) is 0 Å². The van der Waals surface area contributed by atoms with Crippen molar-refractivity contribution in [2.75, 3.05) is 23.5 Å². The number of carbonyl (C=O) groups is 2. The summed E-state index contributed by atoms with van der Waals surface area (Å²) in [7, 11) is -3.18. The van der Waals surface area contributed by atoms with E-state index >= 15 is 0 Å². The monoisotopic (exact) mass is 342 g/mol. The molecular weight excluding hydrogens is 324 g/mol. The lowest BCUT2D eigenvalue weighted by atomic mass is 10.2. The second-order valence-electron chi connectivity index (χ2n) is 4.06. The van der Waals surface area contributed by atoms with E-state index in [9.17, 15) is 18.0 Å². The first-order valence-corrected chi connectivity index (χ1v) is 8.53. The molecule has 0 bridgehead atoms. The van der Waals surface area contributed by atoms with Gasteiger partial charge in [0.05, 0.1) is 18.2 Å². The minimum atomic E-state index is -3.18. The summed E-state index contributed by atoms with van der Waals surface area (Å²) in [6.07, 6.45) is -0.0904. The first-order valence-electron chi connectivity index (χ1n) is 5.59. The van der Waals surface area contributed by atoms with Crippen molar-refractivity contribution in [2.45, 2.75) is 20.3 Å². The van der Waals surface area contributed by atoms with Crippen LogP contribution in [0.4, 0.5) is 0 Å². The molecule has 2 amide bonds. The normalized spacial score (nSPS) is 11.3. The van der Waals surface area contributed by atoms with Crippen LogP contribution >= 0.6 is 15.9 Å². The van der Waals surface area contributed by atoms with Gasteiger partial charge >= 0.3 is 0 Å². The van der Waals surface area contributed by atoms with Crippen molar-refractivity contribution in [1.82, 2.24) is 10.6 Å². The van der Waals surface area contributed by atoms with E-state index in [-0.39, 0.29) is 36.4 Å². The second kappa shape index (κ2) is 8.47. The summed E-state index contributed by atoms with van der Waals surface area (Å²) < 4.78 is 22.7. The average molecular weight is 343 g/mol. The number of amides is 2. The molecular formula is C10H19BrN2O4S. The molecule has 0 aliphatic carbocycles. The average Bonchev–Trinajstić information content (AvgIpc) is 2.26. The molecule has 18 heavy (non-hydrogen) atoms. The maximum atomic E-state index is 11.3. The smallest absolute Gasteiger partial charge is 0.223 e. The fourth-order valence-electron chi connectivity index (χ4n) is 0.990. The predicted octanol–water partition coefficient (Wildman–Crippen LogP) is 0.0321. The molecule has 0 atom stereocenters. The number of alkyl halides is 1. The molecule has 0 aromatic rings. The van der Waals surface area contributed by atoms with Gasteiger partial charge < -0.3 is 10.6 Å². The van der Waals surface area contributed by atoms with Crippen molar-refractivity contribution < 1.29 is 18.0 Å². The molecule has 0 saturated heterocycles. The van der Waals surface area contributed by atoms with E-state index in [1.165, 1.54) is 0 Å². The van der Waals surface area contributed by atoms with Gasteiger partial charge in [-0.15, -0.1) is 0 Å². The van der Waals surface area contributed by atoms with Gasteiger partial charge in [0.15, 0.2) is 9.84 Å². The summed E-state index contributed by atoms with van der Waals surface area (Å²) in [5, 5.41) is 5.31. The van der Waals surface area contributed by atoms with Crippen molar-refractivity contribution in [2.24, 2.45) is 5.92 Å². The first kappa shape index (κ1) is 17.4. The Morgan fingerprint density at radius 3 is 2.28 bits per heavy atom. The molecule has 6 nitrogen and oxygen atoms in total. The van der Waals surface area contributed by atoms with Crippen LogP contribution in [0.25, 0.3) is 0 Å². The maximum Gasteiger partial charge on any atom is 0.223 e. The SMILES string of the molecule is CC(C)C(=O)NCNC(=O)CCS(=O)(=O)CCBr. The summed E-state index contributed by atoms with van der Waals surface area (Å²) in [5.74, 6) is -0.868. The van der Waals surface area contributed by atoms with Gasteiger partial charge in [0.1, 0.15) is 0 Å². The highest BCUT2D eigenvalue weighted by Gasteiger charge is 2.13. The summed E-state index contributed by atoms with van der Waals surface area (Å²) >= 11 is 3.04. The zero-order valence-corrected chi connectivity index (χ0v) is 12.9. The Bertz CT molecular complexity index is 381. The Balaban J connectivity index is 3.83. The summed E-state index contributed by atoms with van der Waals surface area (Å²) in [4.78, 5) is 22.5. The number of hydrogen-bond donors (Lipinski definition) is 2. The Kier molecular flexibility index (Phi) is 8.17. The van der Waals surface area contributed by atoms with Crippen LogP contribution in [-0.4, -0.2) is 43.7 Å². The largest absolute Gasteiger partial charge is 0.339 e. The lowest BCUT2D eigenvalue weighted by molar-refractivity contribution is -0.124. The minimum Gasteiger partial charge on any atom is -0.339 e. The van der Waals surface area contributed by atoms with Crippen LogP contribution in [0.5, 0.6) is 0 Å². The fraction of sp³-hybridized carbons (Fsp3) is 0.800. The molecule has 0 unspecified atom stereocenters. The van der Waals surface area contributed by atoms with E-state index in [0.717, 1.165) is 0 Å². The number of rotatable bonds is 8. The van der Waals surface area contributed by atoms with E-state index < -0.39 is 15.7 Å². The molecule has 0 aliphatic rings. The zero-order chi connectivity index (χ0) is 14.2. The molecule has 0 fully saturated rings. The number of halogens is 1. The van der Waals surface area contributed by atoms with Gasteiger partial charge in [-0.25, -0.2) is 8.42 Å². The molecule has 2 N–H and O–H groups in total. The number of sulfone groups is 1. The fourth-order valence-corrected chi connectivity index (χ4v) is 3.41. The standard InChI is InChI=1S/C10H19BrN2O4S/c1-8(2)10(15)13-7-12-9(14)3-5-18(16,17)6-4-11/h8H,3-7H2,1-2H3,(H,12,14)(H,13,15). The van der Waals surface area contributed by atoms with Crippen LogP contribution in [0.15, 0.2) is 0 Å². The number of carbonyl (C=O) groups excluding carboxylic acids is 2. The van der Waals surface area contributed by atoms with Crippen LogP contribution < -0.4 is 10.6 Å². The van der Waals surface area contributed by atoms with Crippen molar-refractivity contribution in [3.05, 3.63) is 0 Å². The van der Waals surface area contributed by atoms with Crippen molar-refractivity contribution >= 4 is 37.6 Å². The number of hydrogen-bond acceptors (Lipinski definition) is 4. The van der Waals surface area contributed by atoms with E-state index in [1.54, 1.807) is 13.8 Å². The first-order chi connectivity index (χ1) is 8.28. The van der Waals surface area contributed by atoms with Crippen LogP contribution in [-0.2, 0) is 19.4 Å². The lowest BCUT2D eigenvalue weighted by Gasteiger charge is -2.09. The third kappa shape index (κ3) is 8.46. The highest BCUT2D eigenvalue weighted by Crippen LogP contribution is 1.96. The molecule has 0 spiro atoms. The van der Waals surface area contributed by atoms with Crippen LogP contribution in [0.3, 0.4) is 0 Å². The summed E-state index contributed by atoms with van der Waals surface area (Å²) in [6.45, 7) is 3.50. The quantitative estimate of drug-likeness (QED) is 0.481. The van der Waals surface area contributed by atoms with Gasteiger partial charge in [0.25, 0.3) is 0 Å². The summed E-state index contributed by atoms with van der Waals surface area (Å²) in [5.41, 5.74) is 0. The Hall–Kier alpha value is -0.630. The Morgan fingerprint density at radius 2 is 1.78 bits per heavy atom. The third-order valence-electron chi connectivity index (χ3n) is 2.10. The molecule has 8 heteroatoms. The van der Waals surface area contributed by atoms with Crippen molar-refractivity contribution in [3.63, 3.8) is 0 Å². The molecule has 0 aromatic carbocycles. The molecule has 0 saturated carbocycles. The van der Waals surface area contributed by atoms with Crippen LogP contribution in [0, 0.1) is 5.92 Å². The second-order valence-corrected chi connectivity index (χ2v) is 7.16. The topological polar surface area (TPSA) is 92.3 Å². The predicted molar refractivity (Wildman–Crippen MR) is 73.1 cm³/mol.